The fraction of sp³-hybridized carbons (Fsp3) is 0.647. The molecule has 0 spiro atoms. The molecular formula is C17H26F3N5O4S. The van der Waals surface area contributed by atoms with Gasteiger partial charge in [-0.3, -0.25) is 15.0 Å². The van der Waals surface area contributed by atoms with Gasteiger partial charge in [-0.2, -0.15) is 17.5 Å². The quantitative estimate of drug-likeness (QED) is 0.346. The van der Waals surface area contributed by atoms with Gasteiger partial charge in [0.1, 0.15) is 5.69 Å². The van der Waals surface area contributed by atoms with Crippen molar-refractivity contribution in [3.8, 4) is 0 Å². The van der Waals surface area contributed by atoms with E-state index in [1.165, 1.54) is 23.5 Å². The Labute approximate surface area is 173 Å². The number of hydrogen-bond acceptors (Lipinski definition) is 7. The molecule has 0 amide bonds. The summed E-state index contributed by atoms with van der Waals surface area (Å²) in [6.07, 6.45) is -3.96. The molecule has 30 heavy (non-hydrogen) atoms. The second-order valence-electron chi connectivity index (χ2n) is 7.28. The van der Waals surface area contributed by atoms with Crippen LogP contribution in [0, 0.1) is 10.1 Å². The first-order valence-corrected chi connectivity index (χ1v) is 10.8. The van der Waals surface area contributed by atoms with Gasteiger partial charge < -0.3 is 10.2 Å². The second-order valence-corrected chi connectivity index (χ2v) is 9.21. The van der Waals surface area contributed by atoms with Crippen molar-refractivity contribution < 1.29 is 26.5 Å². The number of nitrogens with zero attached hydrogens (tertiary/aromatic N) is 4. The van der Waals surface area contributed by atoms with E-state index in [0.29, 0.717) is 32.6 Å². The highest BCUT2D eigenvalue weighted by molar-refractivity contribution is 7.89. The molecule has 1 aromatic carbocycles. The summed E-state index contributed by atoms with van der Waals surface area (Å²) in [5.41, 5.74) is -0.273. The van der Waals surface area contributed by atoms with Crippen LogP contribution in [0.25, 0.3) is 0 Å². The van der Waals surface area contributed by atoms with Crippen LogP contribution in [0.2, 0.25) is 0 Å². The van der Waals surface area contributed by atoms with Crippen molar-refractivity contribution in [1.29, 1.82) is 0 Å². The maximum Gasteiger partial charge on any atom is 0.401 e. The topological polar surface area (TPSA) is 99.0 Å². The standard InChI is InChI=1S/C17H26F3N5O4S/c1-22-8-10-24(11-9-22)30(28,29)14-4-5-15(16(12-14)25(26)27)21-6-3-7-23(2)13-17(18,19)20/h4-5,12,21H,3,6-11,13H2,1-2H3. The summed E-state index contributed by atoms with van der Waals surface area (Å²) in [6, 6.07) is 3.64. The van der Waals surface area contributed by atoms with Crippen LogP contribution in [0.15, 0.2) is 23.1 Å². The molecule has 1 aliphatic rings. The van der Waals surface area contributed by atoms with E-state index < -0.39 is 33.4 Å². The van der Waals surface area contributed by atoms with Crippen molar-refractivity contribution in [3.05, 3.63) is 28.3 Å². The fourth-order valence-electron chi connectivity index (χ4n) is 3.11. The molecule has 0 radical (unpaired) electrons. The van der Waals surface area contributed by atoms with Crippen LogP contribution in [0.3, 0.4) is 0 Å². The van der Waals surface area contributed by atoms with Crippen molar-refractivity contribution in [1.82, 2.24) is 14.1 Å². The van der Waals surface area contributed by atoms with Gasteiger partial charge in [-0.05, 0) is 39.2 Å². The van der Waals surface area contributed by atoms with E-state index in [1.807, 2.05) is 11.9 Å². The summed E-state index contributed by atoms with van der Waals surface area (Å²) in [5, 5.41) is 14.2. The SMILES string of the molecule is CN1CCN(S(=O)(=O)c2ccc(NCCCN(C)CC(F)(F)F)c([N+](=O)[O-])c2)CC1. The zero-order valence-electron chi connectivity index (χ0n) is 16.9. The average molecular weight is 453 g/mol. The molecule has 0 aromatic heterocycles. The van der Waals surface area contributed by atoms with Gasteiger partial charge in [0.05, 0.1) is 16.4 Å². The molecule has 9 nitrogen and oxygen atoms in total. The molecule has 1 saturated heterocycles. The number of hydrogen-bond donors (Lipinski definition) is 1. The number of alkyl halides is 3. The first-order valence-electron chi connectivity index (χ1n) is 9.36. The molecule has 1 heterocycles. The number of nitro groups is 1. The number of nitrogens with one attached hydrogen (secondary N) is 1. The zero-order valence-corrected chi connectivity index (χ0v) is 17.7. The lowest BCUT2D eigenvalue weighted by Crippen LogP contribution is -2.47. The molecule has 2 rings (SSSR count). The Morgan fingerprint density at radius 2 is 1.87 bits per heavy atom. The molecule has 0 bridgehead atoms. The van der Waals surface area contributed by atoms with Crippen molar-refractivity contribution in [2.45, 2.75) is 17.5 Å². The van der Waals surface area contributed by atoms with E-state index in [4.69, 9.17) is 0 Å². The van der Waals surface area contributed by atoms with Gasteiger partial charge in [-0.25, -0.2) is 8.42 Å². The number of nitro benzene ring substituents is 1. The highest BCUT2D eigenvalue weighted by Crippen LogP contribution is 2.29. The van der Waals surface area contributed by atoms with E-state index in [9.17, 15) is 31.7 Å². The summed E-state index contributed by atoms with van der Waals surface area (Å²) in [7, 11) is -0.624. The lowest BCUT2D eigenvalue weighted by atomic mass is 10.2. The molecule has 1 N–H and O–H groups in total. The normalized spacial score (nSPS) is 16.7. The summed E-state index contributed by atoms with van der Waals surface area (Å²) in [5.74, 6) is 0. The Kier molecular flexibility index (Phi) is 8.02. The number of benzene rings is 1. The molecule has 0 saturated carbocycles. The fourth-order valence-corrected chi connectivity index (χ4v) is 4.55. The van der Waals surface area contributed by atoms with Crippen LogP contribution < -0.4 is 5.32 Å². The summed E-state index contributed by atoms with van der Waals surface area (Å²) in [6.45, 7) is 1.07. The molecular weight excluding hydrogens is 427 g/mol. The van der Waals surface area contributed by atoms with Gasteiger partial charge in [-0.1, -0.05) is 0 Å². The van der Waals surface area contributed by atoms with Crippen LogP contribution in [-0.4, -0.2) is 93.5 Å². The molecule has 1 aromatic rings. The Balaban J connectivity index is 2.04. The van der Waals surface area contributed by atoms with Gasteiger partial charge in [0.25, 0.3) is 5.69 Å². The lowest BCUT2D eigenvalue weighted by Gasteiger charge is -2.31. The molecule has 170 valence electrons. The Morgan fingerprint density at radius 3 is 2.43 bits per heavy atom. The highest BCUT2D eigenvalue weighted by atomic mass is 32.2. The second kappa shape index (κ2) is 9.90. The van der Waals surface area contributed by atoms with E-state index in [2.05, 4.69) is 5.32 Å². The van der Waals surface area contributed by atoms with Crippen LogP contribution in [0.4, 0.5) is 24.5 Å². The van der Waals surface area contributed by atoms with E-state index in [0.717, 1.165) is 11.0 Å². The zero-order chi connectivity index (χ0) is 22.5. The van der Waals surface area contributed by atoms with Crippen LogP contribution in [0.5, 0.6) is 0 Å². The summed E-state index contributed by atoms with van der Waals surface area (Å²) >= 11 is 0. The molecule has 13 heteroatoms. The predicted octanol–water partition coefficient (Wildman–Crippen LogP) is 1.83. The average Bonchev–Trinajstić information content (AvgIpc) is 2.64. The summed E-state index contributed by atoms with van der Waals surface area (Å²) < 4.78 is 63.9. The van der Waals surface area contributed by atoms with Crippen LogP contribution >= 0.6 is 0 Å². The number of rotatable bonds is 9. The van der Waals surface area contributed by atoms with Gasteiger partial charge in [0, 0.05) is 38.8 Å². The maximum atomic E-state index is 12.8. The summed E-state index contributed by atoms with van der Waals surface area (Å²) in [4.78, 5) is 13.7. The third-order valence-electron chi connectivity index (χ3n) is 4.75. The number of halogens is 3. The minimum absolute atomic E-state index is 0.121. The van der Waals surface area contributed by atoms with Crippen molar-refractivity contribution in [2.24, 2.45) is 0 Å². The number of sulfonamides is 1. The van der Waals surface area contributed by atoms with Gasteiger partial charge in [-0.15, -0.1) is 0 Å². The third kappa shape index (κ3) is 6.79. The monoisotopic (exact) mass is 453 g/mol. The van der Waals surface area contributed by atoms with Crippen molar-refractivity contribution in [2.75, 3.05) is 65.2 Å². The van der Waals surface area contributed by atoms with E-state index in [-0.39, 0.29) is 23.7 Å². The maximum absolute atomic E-state index is 12.8. The Morgan fingerprint density at radius 1 is 1.23 bits per heavy atom. The molecule has 0 unspecified atom stereocenters. The minimum Gasteiger partial charge on any atom is -0.379 e. The molecule has 0 atom stereocenters. The molecule has 1 fully saturated rings. The van der Waals surface area contributed by atoms with Crippen molar-refractivity contribution in [3.63, 3.8) is 0 Å². The highest BCUT2D eigenvalue weighted by Gasteiger charge is 2.30. The van der Waals surface area contributed by atoms with E-state index in [1.54, 1.807) is 0 Å². The van der Waals surface area contributed by atoms with Crippen LogP contribution in [0.1, 0.15) is 6.42 Å². The van der Waals surface area contributed by atoms with Crippen LogP contribution in [-0.2, 0) is 10.0 Å². The lowest BCUT2D eigenvalue weighted by molar-refractivity contribution is -0.384. The largest absolute Gasteiger partial charge is 0.401 e. The molecule has 1 aliphatic heterocycles. The Hall–Kier alpha value is -1.96. The predicted molar refractivity (Wildman–Crippen MR) is 106 cm³/mol. The van der Waals surface area contributed by atoms with E-state index >= 15 is 0 Å². The number of piperazine rings is 1. The van der Waals surface area contributed by atoms with Crippen molar-refractivity contribution >= 4 is 21.4 Å². The van der Waals surface area contributed by atoms with Gasteiger partial charge in [0.2, 0.25) is 10.0 Å². The molecule has 0 aliphatic carbocycles. The smallest absolute Gasteiger partial charge is 0.379 e. The van der Waals surface area contributed by atoms with Gasteiger partial charge >= 0.3 is 6.18 Å². The number of likely N-dealkylation sites (N-methyl/N-ethyl adjacent to an activating group) is 1. The Bertz CT molecular complexity index is 842. The third-order valence-corrected chi connectivity index (χ3v) is 6.64. The number of anilines is 1. The first kappa shape index (κ1) is 24.3. The minimum atomic E-state index is -4.29. The van der Waals surface area contributed by atoms with Gasteiger partial charge in [0.15, 0.2) is 0 Å². The first-order chi connectivity index (χ1) is 13.9.